The summed E-state index contributed by atoms with van der Waals surface area (Å²) in [5.41, 5.74) is 0.305. The maximum atomic E-state index is 11.0. The van der Waals surface area contributed by atoms with Gasteiger partial charge in [0.05, 0.1) is 12.7 Å². The fraction of sp³-hybridized carbons (Fsp3) is 0.929. The number of rotatable bonds is 6. The van der Waals surface area contributed by atoms with Crippen molar-refractivity contribution in [1.82, 2.24) is 5.32 Å². The summed E-state index contributed by atoms with van der Waals surface area (Å²) >= 11 is 0. The van der Waals surface area contributed by atoms with Crippen LogP contribution in [0.5, 0.6) is 0 Å². The Bertz CT molecular complexity index is 278. The molecule has 0 radical (unpaired) electrons. The van der Waals surface area contributed by atoms with Gasteiger partial charge in [-0.3, -0.25) is 4.79 Å². The Morgan fingerprint density at radius 2 is 2.17 bits per heavy atom. The van der Waals surface area contributed by atoms with Crippen LogP contribution in [0.3, 0.4) is 0 Å². The van der Waals surface area contributed by atoms with Crippen LogP contribution in [0.2, 0.25) is 0 Å². The number of likely N-dealkylation sites (N-methyl/N-ethyl adjacent to an activating group) is 1. The van der Waals surface area contributed by atoms with E-state index in [1.807, 2.05) is 6.92 Å². The zero-order valence-electron chi connectivity index (χ0n) is 12.0. The van der Waals surface area contributed by atoms with E-state index in [4.69, 9.17) is 9.84 Å². The second-order valence-corrected chi connectivity index (χ2v) is 6.32. The maximum absolute atomic E-state index is 11.0. The molecule has 18 heavy (non-hydrogen) atoms. The van der Waals surface area contributed by atoms with Crippen LogP contribution in [-0.2, 0) is 9.53 Å². The van der Waals surface area contributed by atoms with Crippen molar-refractivity contribution in [2.75, 3.05) is 13.2 Å². The van der Waals surface area contributed by atoms with Crippen LogP contribution in [0, 0.1) is 11.3 Å². The number of nitrogens with one attached hydrogen (secondary N) is 1. The fourth-order valence-electron chi connectivity index (χ4n) is 3.08. The monoisotopic (exact) mass is 257 g/mol. The Morgan fingerprint density at radius 1 is 1.50 bits per heavy atom. The molecule has 0 aliphatic heterocycles. The standard InChI is InChI=1S/C14H27NO3/c1-5-15-12(13(16)17)9-18-11-6-10(2)7-14(3,4)8-11/h10-12,15H,5-9H2,1-4H3,(H,16,17). The van der Waals surface area contributed by atoms with Gasteiger partial charge in [-0.25, -0.2) is 0 Å². The molecule has 1 fully saturated rings. The van der Waals surface area contributed by atoms with Crippen LogP contribution in [0.1, 0.15) is 47.0 Å². The van der Waals surface area contributed by atoms with Gasteiger partial charge in [0.25, 0.3) is 0 Å². The summed E-state index contributed by atoms with van der Waals surface area (Å²) < 4.78 is 5.82. The van der Waals surface area contributed by atoms with Crippen LogP contribution in [0.25, 0.3) is 0 Å². The smallest absolute Gasteiger partial charge is 0.323 e. The third-order valence-corrected chi connectivity index (χ3v) is 3.59. The van der Waals surface area contributed by atoms with Crippen molar-refractivity contribution in [3.8, 4) is 0 Å². The third-order valence-electron chi connectivity index (χ3n) is 3.59. The van der Waals surface area contributed by atoms with E-state index in [1.165, 1.54) is 6.42 Å². The minimum atomic E-state index is -0.833. The van der Waals surface area contributed by atoms with Crippen molar-refractivity contribution in [3.05, 3.63) is 0 Å². The minimum Gasteiger partial charge on any atom is -0.480 e. The quantitative estimate of drug-likeness (QED) is 0.766. The molecule has 4 nitrogen and oxygen atoms in total. The van der Waals surface area contributed by atoms with Crippen LogP contribution in [0.4, 0.5) is 0 Å². The molecule has 4 heteroatoms. The second-order valence-electron chi connectivity index (χ2n) is 6.32. The number of carboxylic acids is 1. The van der Waals surface area contributed by atoms with Crippen LogP contribution in [-0.4, -0.2) is 36.4 Å². The Morgan fingerprint density at radius 3 is 2.67 bits per heavy atom. The number of hydrogen-bond acceptors (Lipinski definition) is 3. The summed E-state index contributed by atoms with van der Waals surface area (Å²) in [7, 11) is 0. The molecule has 2 N–H and O–H groups in total. The lowest BCUT2D eigenvalue weighted by Crippen LogP contribution is -2.42. The van der Waals surface area contributed by atoms with E-state index in [9.17, 15) is 4.79 Å². The van der Waals surface area contributed by atoms with Gasteiger partial charge in [0.15, 0.2) is 0 Å². The number of carboxylic acid groups (broad SMARTS) is 1. The number of aliphatic carboxylic acids is 1. The molecule has 0 amide bonds. The lowest BCUT2D eigenvalue weighted by Gasteiger charge is -2.39. The molecule has 1 aliphatic rings. The maximum Gasteiger partial charge on any atom is 0.323 e. The first-order valence-corrected chi connectivity index (χ1v) is 6.92. The first-order chi connectivity index (χ1) is 8.34. The molecular formula is C14H27NO3. The van der Waals surface area contributed by atoms with Gasteiger partial charge in [-0.05, 0) is 37.1 Å². The third kappa shape index (κ3) is 4.94. The largest absolute Gasteiger partial charge is 0.480 e. The molecule has 0 spiro atoms. The van der Waals surface area contributed by atoms with Crippen molar-refractivity contribution in [1.29, 1.82) is 0 Å². The van der Waals surface area contributed by atoms with Crippen LogP contribution < -0.4 is 5.32 Å². The molecule has 0 bridgehead atoms. The van der Waals surface area contributed by atoms with Gasteiger partial charge in [0.2, 0.25) is 0 Å². The molecule has 1 rings (SSSR count). The zero-order valence-corrected chi connectivity index (χ0v) is 12.0. The van der Waals surface area contributed by atoms with Crippen LogP contribution in [0.15, 0.2) is 0 Å². The average Bonchev–Trinajstić information content (AvgIpc) is 2.20. The highest BCUT2D eigenvalue weighted by Crippen LogP contribution is 2.39. The summed E-state index contributed by atoms with van der Waals surface area (Å²) in [5.74, 6) is -0.180. The number of ether oxygens (including phenoxy) is 1. The molecule has 0 heterocycles. The molecule has 3 atom stereocenters. The Kier molecular flexibility index (Phi) is 5.60. The Balaban J connectivity index is 2.44. The highest BCUT2D eigenvalue weighted by Gasteiger charge is 2.33. The van der Waals surface area contributed by atoms with Crippen molar-refractivity contribution in [2.45, 2.75) is 59.1 Å². The predicted octanol–water partition coefficient (Wildman–Crippen LogP) is 2.28. The molecule has 1 aliphatic carbocycles. The van der Waals surface area contributed by atoms with Gasteiger partial charge in [-0.1, -0.05) is 27.7 Å². The SMILES string of the molecule is CCNC(COC1CC(C)CC(C)(C)C1)C(=O)O. The van der Waals surface area contributed by atoms with Gasteiger partial charge < -0.3 is 15.2 Å². The molecule has 0 aromatic heterocycles. The fourth-order valence-corrected chi connectivity index (χ4v) is 3.08. The van der Waals surface area contributed by atoms with E-state index in [0.717, 1.165) is 12.8 Å². The van der Waals surface area contributed by atoms with Crippen molar-refractivity contribution < 1.29 is 14.6 Å². The molecule has 106 valence electrons. The predicted molar refractivity (Wildman–Crippen MR) is 71.6 cm³/mol. The van der Waals surface area contributed by atoms with Gasteiger partial charge in [-0.15, -0.1) is 0 Å². The molecule has 0 aromatic carbocycles. The summed E-state index contributed by atoms with van der Waals surface area (Å²) in [6, 6.07) is -0.588. The van der Waals surface area contributed by atoms with Gasteiger partial charge in [-0.2, -0.15) is 0 Å². The van der Waals surface area contributed by atoms with E-state index >= 15 is 0 Å². The summed E-state index contributed by atoms with van der Waals surface area (Å²) in [4.78, 5) is 11.0. The van der Waals surface area contributed by atoms with E-state index in [1.54, 1.807) is 0 Å². The highest BCUT2D eigenvalue weighted by atomic mass is 16.5. The van der Waals surface area contributed by atoms with Gasteiger partial charge in [0.1, 0.15) is 6.04 Å². The van der Waals surface area contributed by atoms with E-state index in [0.29, 0.717) is 17.9 Å². The first kappa shape index (κ1) is 15.4. The minimum absolute atomic E-state index is 0.198. The van der Waals surface area contributed by atoms with Crippen molar-refractivity contribution in [2.24, 2.45) is 11.3 Å². The van der Waals surface area contributed by atoms with Crippen LogP contribution >= 0.6 is 0 Å². The highest BCUT2D eigenvalue weighted by molar-refractivity contribution is 5.73. The Hall–Kier alpha value is -0.610. The van der Waals surface area contributed by atoms with Crippen molar-refractivity contribution >= 4 is 5.97 Å². The normalized spacial score (nSPS) is 28.9. The molecule has 0 saturated heterocycles. The molecule has 3 unspecified atom stereocenters. The second kappa shape index (κ2) is 6.53. The van der Waals surface area contributed by atoms with Gasteiger partial charge >= 0.3 is 5.97 Å². The topological polar surface area (TPSA) is 58.6 Å². The van der Waals surface area contributed by atoms with E-state index in [2.05, 4.69) is 26.1 Å². The number of hydrogen-bond donors (Lipinski definition) is 2. The Labute approximate surface area is 110 Å². The molecule has 0 aromatic rings. The molecule has 1 saturated carbocycles. The molecular weight excluding hydrogens is 230 g/mol. The van der Waals surface area contributed by atoms with E-state index in [-0.39, 0.29) is 12.7 Å². The zero-order chi connectivity index (χ0) is 13.8. The number of carbonyl (C=O) groups is 1. The summed E-state index contributed by atoms with van der Waals surface area (Å²) in [6.07, 6.45) is 3.49. The summed E-state index contributed by atoms with van der Waals surface area (Å²) in [5, 5.41) is 12.0. The lowest BCUT2D eigenvalue weighted by molar-refractivity contribution is -0.142. The first-order valence-electron chi connectivity index (χ1n) is 6.92. The van der Waals surface area contributed by atoms with E-state index < -0.39 is 12.0 Å². The van der Waals surface area contributed by atoms with Crippen molar-refractivity contribution in [3.63, 3.8) is 0 Å². The lowest BCUT2D eigenvalue weighted by atomic mass is 9.71. The average molecular weight is 257 g/mol. The van der Waals surface area contributed by atoms with Gasteiger partial charge in [0, 0.05) is 0 Å². The summed E-state index contributed by atoms with van der Waals surface area (Å²) in [6.45, 7) is 9.58.